The van der Waals surface area contributed by atoms with Crippen molar-refractivity contribution in [2.75, 3.05) is 18.1 Å². The van der Waals surface area contributed by atoms with E-state index in [4.69, 9.17) is 10.7 Å². The molecule has 1 saturated carbocycles. The minimum atomic E-state index is -3.63. The first kappa shape index (κ1) is 15.2. The van der Waals surface area contributed by atoms with Crippen molar-refractivity contribution in [3.63, 3.8) is 0 Å². The van der Waals surface area contributed by atoms with Gasteiger partial charge in [0.15, 0.2) is 0 Å². The average molecular weight is 304 g/mol. The molecule has 1 N–H and O–H groups in total. The van der Waals surface area contributed by atoms with E-state index in [0.717, 1.165) is 25.7 Å². The molecule has 1 aliphatic carbocycles. The highest BCUT2D eigenvalue weighted by molar-refractivity contribution is 8.13. The zero-order valence-corrected chi connectivity index (χ0v) is 12.0. The van der Waals surface area contributed by atoms with Crippen molar-refractivity contribution in [2.45, 2.75) is 32.1 Å². The van der Waals surface area contributed by atoms with E-state index in [1.54, 1.807) is 0 Å². The van der Waals surface area contributed by atoms with Crippen LogP contribution < -0.4 is 4.72 Å². The van der Waals surface area contributed by atoms with Crippen LogP contribution in [0.2, 0.25) is 0 Å². The molecule has 0 heterocycles. The van der Waals surface area contributed by atoms with E-state index < -0.39 is 19.1 Å². The predicted octanol–water partition coefficient (Wildman–Crippen LogP) is 1.05. The maximum Gasteiger partial charge on any atom is 0.233 e. The van der Waals surface area contributed by atoms with Crippen molar-refractivity contribution in [3.8, 4) is 0 Å². The van der Waals surface area contributed by atoms with Crippen molar-refractivity contribution < 1.29 is 16.8 Å². The summed E-state index contributed by atoms with van der Waals surface area (Å²) in [6.45, 7) is -0.152. The molecule has 0 aromatic heterocycles. The summed E-state index contributed by atoms with van der Waals surface area (Å²) in [5, 5.41) is 0. The van der Waals surface area contributed by atoms with Gasteiger partial charge in [-0.05, 0) is 18.8 Å². The zero-order valence-electron chi connectivity index (χ0n) is 9.56. The van der Waals surface area contributed by atoms with Crippen molar-refractivity contribution in [1.82, 2.24) is 4.72 Å². The van der Waals surface area contributed by atoms with Gasteiger partial charge in [0.05, 0.1) is 11.5 Å². The molecule has 0 spiro atoms. The molecule has 0 bridgehead atoms. The summed E-state index contributed by atoms with van der Waals surface area (Å²) in [5.41, 5.74) is 0. The molecule has 0 aromatic rings. The monoisotopic (exact) mass is 303 g/mol. The third-order valence-electron chi connectivity index (χ3n) is 2.85. The molecule has 1 rings (SSSR count). The lowest BCUT2D eigenvalue weighted by Crippen LogP contribution is -2.33. The normalized spacial score (nSPS) is 19.4. The maximum atomic E-state index is 11.6. The molecular weight excluding hydrogens is 286 g/mol. The number of hydrogen-bond acceptors (Lipinski definition) is 4. The second-order valence-corrected chi connectivity index (χ2v) is 9.17. The second-order valence-electron chi connectivity index (χ2n) is 4.42. The highest BCUT2D eigenvalue weighted by Crippen LogP contribution is 2.24. The van der Waals surface area contributed by atoms with Crippen LogP contribution in [0.3, 0.4) is 0 Å². The van der Waals surface area contributed by atoms with Gasteiger partial charge in [0, 0.05) is 17.2 Å². The quantitative estimate of drug-likeness (QED) is 0.744. The Morgan fingerprint density at radius 1 is 1.06 bits per heavy atom. The molecule has 17 heavy (non-hydrogen) atoms. The summed E-state index contributed by atoms with van der Waals surface area (Å²) >= 11 is 0. The van der Waals surface area contributed by atoms with Crippen LogP contribution in [-0.2, 0) is 19.1 Å². The average Bonchev–Trinajstić information content (AvgIpc) is 2.15. The molecule has 0 atom stereocenters. The number of rotatable bonds is 6. The Balaban J connectivity index is 2.35. The summed E-state index contributed by atoms with van der Waals surface area (Å²) in [6, 6.07) is 0. The molecule has 0 saturated heterocycles. The van der Waals surface area contributed by atoms with E-state index in [9.17, 15) is 16.8 Å². The molecule has 5 nitrogen and oxygen atoms in total. The molecule has 0 aliphatic heterocycles. The fourth-order valence-electron chi connectivity index (χ4n) is 2.04. The SMILES string of the molecule is O=S(=O)(Cl)CCNS(=O)(=O)CC1CCCCC1. The standard InChI is InChI=1S/C9H18ClNO4S2/c10-16(12,13)7-6-11-17(14,15)8-9-4-2-1-3-5-9/h9,11H,1-8H2. The minimum absolute atomic E-state index is 0.0926. The first-order valence-electron chi connectivity index (χ1n) is 5.68. The van der Waals surface area contributed by atoms with Gasteiger partial charge in [-0.2, -0.15) is 0 Å². The molecule has 0 amide bonds. The van der Waals surface area contributed by atoms with Gasteiger partial charge in [-0.15, -0.1) is 0 Å². The minimum Gasteiger partial charge on any atom is -0.214 e. The number of hydrogen-bond donors (Lipinski definition) is 1. The van der Waals surface area contributed by atoms with Crippen molar-refractivity contribution in [2.24, 2.45) is 5.92 Å². The third-order valence-corrected chi connectivity index (χ3v) is 5.56. The lowest BCUT2D eigenvalue weighted by Gasteiger charge is -2.21. The van der Waals surface area contributed by atoms with Crippen molar-refractivity contribution >= 4 is 29.8 Å². The van der Waals surface area contributed by atoms with Gasteiger partial charge in [-0.25, -0.2) is 21.6 Å². The Hall–Kier alpha value is 0.150. The van der Waals surface area contributed by atoms with E-state index in [1.807, 2.05) is 0 Å². The Morgan fingerprint density at radius 2 is 1.65 bits per heavy atom. The highest BCUT2D eigenvalue weighted by Gasteiger charge is 2.21. The van der Waals surface area contributed by atoms with E-state index in [1.165, 1.54) is 6.42 Å². The molecule has 1 fully saturated rings. The summed E-state index contributed by atoms with van der Waals surface area (Å²) in [6.07, 6.45) is 5.21. The largest absolute Gasteiger partial charge is 0.233 e. The van der Waals surface area contributed by atoms with Crippen molar-refractivity contribution in [1.29, 1.82) is 0 Å². The molecule has 0 aromatic carbocycles. The summed E-state index contributed by atoms with van der Waals surface area (Å²) in [7, 11) is -2.02. The van der Waals surface area contributed by atoms with E-state index in [0.29, 0.717) is 0 Å². The van der Waals surface area contributed by atoms with Crippen molar-refractivity contribution in [3.05, 3.63) is 0 Å². The molecule has 1 aliphatic rings. The second kappa shape index (κ2) is 6.36. The fourth-order valence-corrected chi connectivity index (χ4v) is 4.23. The van der Waals surface area contributed by atoms with Crippen LogP contribution in [-0.4, -0.2) is 34.9 Å². The number of sulfonamides is 1. The molecular formula is C9H18ClNO4S2. The maximum absolute atomic E-state index is 11.6. The van der Waals surface area contributed by atoms with Crippen LogP contribution in [0.5, 0.6) is 0 Å². The zero-order chi connectivity index (χ0) is 12.9. The van der Waals surface area contributed by atoms with Gasteiger partial charge in [0.25, 0.3) is 0 Å². The van der Waals surface area contributed by atoms with E-state index in [2.05, 4.69) is 4.72 Å². The summed E-state index contributed by atoms with van der Waals surface area (Å²) in [4.78, 5) is 0. The fraction of sp³-hybridized carbons (Fsp3) is 1.00. The number of halogens is 1. The summed E-state index contributed by atoms with van der Waals surface area (Å²) < 4.78 is 46.8. The Bertz CT molecular complexity index is 426. The van der Waals surface area contributed by atoms with Gasteiger partial charge in [-0.1, -0.05) is 19.3 Å². The van der Waals surface area contributed by atoms with Gasteiger partial charge in [0.2, 0.25) is 19.1 Å². The van der Waals surface area contributed by atoms with Gasteiger partial charge in [-0.3, -0.25) is 0 Å². The van der Waals surface area contributed by atoms with Gasteiger partial charge in [0.1, 0.15) is 0 Å². The van der Waals surface area contributed by atoms with Gasteiger partial charge >= 0.3 is 0 Å². The highest BCUT2D eigenvalue weighted by atomic mass is 35.7. The van der Waals surface area contributed by atoms with Crippen LogP contribution in [0.25, 0.3) is 0 Å². The lowest BCUT2D eigenvalue weighted by molar-refractivity contribution is 0.384. The Kier molecular flexibility index (Phi) is 5.69. The van der Waals surface area contributed by atoms with Crippen LogP contribution in [0, 0.1) is 5.92 Å². The Labute approximate surface area is 107 Å². The topological polar surface area (TPSA) is 80.3 Å². The van der Waals surface area contributed by atoms with E-state index >= 15 is 0 Å². The smallest absolute Gasteiger partial charge is 0.214 e. The van der Waals surface area contributed by atoms with Crippen LogP contribution in [0.15, 0.2) is 0 Å². The Morgan fingerprint density at radius 3 is 2.18 bits per heavy atom. The van der Waals surface area contributed by atoms with Crippen LogP contribution >= 0.6 is 10.7 Å². The molecule has 8 heteroatoms. The first-order valence-corrected chi connectivity index (χ1v) is 9.81. The van der Waals surface area contributed by atoms with Crippen LogP contribution in [0.4, 0.5) is 0 Å². The first-order chi connectivity index (χ1) is 7.79. The molecule has 0 unspecified atom stereocenters. The van der Waals surface area contributed by atoms with Crippen LogP contribution in [0.1, 0.15) is 32.1 Å². The number of nitrogens with one attached hydrogen (secondary N) is 1. The predicted molar refractivity (Wildman–Crippen MR) is 68.0 cm³/mol. The lowest BCUT2D eigenvalue weighted by atomic mass is 9.91. The molecule has 102 valence electrons. The summed E-state index contributed by atoms with van der Waals surface area (Å²) in [5.74, 6) is -0.0813. The third kappa shape index (κ3) is 7.23. The van der Waals surface area contributed by atoms with E-state index in [-0.39, 0.29) is 24.0 Å². The molecule has 0 radical (unpaired) electrons. The van der Waals surface area contributed by atoms with Gasteiger partial charge < -0.3 is 0 Å².